The van der Waals surface area contributed by atoms with Crippen LogP contribution >= 0.6 is 12.2 Å². The zero-order chi connectivity index (χ0) is 10.4. The van der Waals surface area contributed by atoms with Crippen LogP contribution in [0.2, 0.25) is 0 Å². The van der Waals surface area contributed by atoms with Gasteiger partial charge in [0.1, 0.15) is 0 Å². The molecule has 0 bridgehead atoms. The molecule has 0 saturated heterocycles. The summed E-state index contributed by atoms with van der Waals surface area (Å²) in [6.07, 6.45) is 1.83. The van der Waals surface area contributed by atoms with E-state index >= 15 is 0 Å². The van der Waals surface area contributed by atoms with Gasteiger partial charge in [-0.25, -0.2) is 0 Å². The van der Waals surface area contributed by atoms with Crippen LogP contribution in [0.5, 0.6) is 0 Å². The standard InChI is InChI=1S/C10H20N2S/c1-6-8(4)11-10(13)12-9(5)7(2)3/h6-9H,1H2,2-5H3,(H2,11,12,13). The van der Waals surface area contributed by atoms with Crippen molar-refractivity contribution in [2.24, 2.45) is 5.92 Å². The summed E-state index contributed by atoms with van der Waals surface area (Å²) in [4.78, 5) is 0. The second kappa shape index (κ2) is 5.97. The van der Waals surface area contributed by atoms with E-state index in [9.17, 15) is 0 Å². The lowest BCUT2D eigenvalue weighted by Gasteiger charge is -2.21. The van der Waals surface area contributed by atoms with Crippen molar-refractivity contribution < 1.29 is 0 Å². The Bertz CT molecular complexity index is 178. The van der Waals surface area contributed by atoms with Crippen molar-refractivity contribution in [1.82, 2.24) is 10.6 Å². The molecule has 2 unspecified atom stereocenters. The van der Waals surface area contributed by atoms with Gasteiger partial charge >= 0.3 is 0 Å². The second-order valence-electron chi connectivity index (χ2n) is 3.67. The normalized spacial score (nSPS) is 14.8. The third-order valence-corrected chi connectivity index (χ3v) is 2.31. The molecule has 0 rings (SSSR count). The zero-order valence-electron chi connectivity index (χ0n) is 8.92. The van der Waals surface area contributed by atoms with Gasteiger partial charge in [-0.05, 0) is 32.0 Å². The van der Waals surface area contributed by atoms with Gasteiger partial charge in [-0.3, -0.25) is 0 Å². The molecule has 0 spiro atoms. The summed E-state index contributed by atoms with van der Waals surface area (Å²) in [7, 11) is 0. The van der Waals surface area contributed by atoms with Crippen molar-refractivity contribution in [2.45, 2.75) is 39.8 Å². The Kier molecular flexibility index (Phi) is 5.71. The fourth-order valence-electron chi connectivity index (χ4n) is 0.681. The van der Waals surface area contributed by atoms with Gasteiger partial charge in [0.25, 0.3) is 0 Å². The highest BCUT2D eigenvalue weighted by Gasteiger charge is 2.08. The first-order chi connectivity index (χ1) is 5.97. The van der Waals surface area contributed by atoms with E-state index < -0.39 is 0 Å². The highest BCUT2D eigenvalue weighted by atomic mass is 32.1. The number of nitrogens with one attached hydrogen (secondary N) is 2. The van der Waals surface area contributed by atoms with Gasteiger partial charge in [-0.1, -0.05) is 19.9 Å². The average Bonchev–Trinajstić information content (AvgIpc) is 2.03. The third kappa shape index (κ3) is 5.64. The quantitative estimate of drug-likeness (QED) is 0.536. The first-order valence-corrected chi connectivity index (χ1v) is 5.07. The Labute approximate surface area is 86.8 Å². The van der Waals surface area contributed by atoms with Gasteiger partial charge in [0.15, 0.2) is 5.11 Å². The molecule has 2 atom stereocenters. The molecule has 0 fully saturated rings. The van der Waals surface area contributed by atoms with E-state index in [0.717, 1.165) is 0 Å². The number of hydrogen-bond acceptors (Lipinski definition) is 1. The van der Waals surface area contributed by atoms with Crippen LogP contribution in [0, 0.1) is 5.92 Å². The van der Waals surface area contributed by atoms with E-state index in [-0.39, 0.29) is 6.04 Å². The lowest BCUT2D eigenvalue weighted by atomic mass is 10.1. The maximum atomic E-state index is 5.12. The molecule has 3 heteroatoms. The largest absolute Gasteiger partial charge is 0.360 e. The second-order valence-corrected chi connectivity index (χ2v) is 4.08. The molecule has 0 aliphatic heterocycles. The molecule has 0 aliphatic carbocycles. The molecule has 76 valence electrons. The van der Waals surface area contributed by atoms with E-state index in [1.807, 2.05) is 13.0 Å². The van der Waals surface area contributed by atoms with Gasteiger partial charge in [0.2, 0.25) is 0 Å². The molecule has 13 heavy (non-hydrogen) atoms. The van der Waals surface area contributed by atoms with Crippen LogP contribution in [0.15, 0.2) is 12.7 Å². The van der Waals surface area contributed by atoms with Gasteiger partial charge in [-0.2, -0.15) is 0 Å². The minimum absolute atomic E-state index is 0.222. The first kappa shape index (κ1) is 12.4. The molecule has 0 saturated carbocycles. The van der Waals surface area contributed by atoms with Crippen LogP contribution in [-0.2, 0) is 0 Å². The summed E-state index contributed by atoms with van der Waals surface area (Å²) in [6, 6.07) is 0.622. The summed E-state index contributed by atoms with van der Waals surface area (Å²) >= 11 is 5.12. The van der Waals surface area contributed by atoms with Gasteiger partial charge < -0.3 is 10.6 Å². The smallest absolute Gasteiger partial charge is 0.166 e. The predicted octanol–water partition coefficient (Wildman–Crippen LogP) is 2.07. The van der Waals surface area contributed by atoms with Crippen molar-refractivity contribution in [3.63, 3.8) is 0 Å². The SMILES string of the molecule is C=CC(C)NC(=S)NC(C)C(C)C. The molecule has 0 aliphatic rings. The summed E-state index contributed by atoms with van der Waals surface area (Å²) in [5.74, 6) is 0.582. The Morgan fingerprint density at radius 2 is 1.77 bits per heavy atom. The molecule has 0 heterocycles. The van der Waals surface area contributed by atoms with Crippen molar-refractivity contribution in [2.75, 3.05) is 0 Å². The van der Waals surface area contributed by atoms with E-state index in [2.05, 4.69) is 38.0 Å². The molecular weight excluding hydrogens is 180 g/mol. The predicted molar refractivity (Wildman–Crippen MR) is 62.8 cm³/mol. The fraction of sp³-hybridized carbons (Fsp3) is 0.700. The van der Waals surface area contributed by atoms with Crippen LogP contribution in [0.4, 0.5) is 0 Å². The molecular formula is C10H20N2S. The number of thiocarbonyl (C=S) groups is 1. The van der Waals surface area contributed by atoms with Crippen LogP contribution < -0.4 is 10.6 Å². The summed E-state index contributed by atoms with van der Waals surface area (Å²) in [5, 5.41) is 7.04. The summed E-state index contributed by atoms with van der Waals surface area (Å²) < 4.78 is 0. The Hall–Kier alpha value is -0.570. The summed E-state index contributed by atoms with van der Waals surface area (Å²) in [5.41, 5.74) is 0. The van der Waals surface area contributed by atoms with Crippen molar-refractivity contribution >= 4 is 17.3 Å². The van der Waals surface area contributed by atoms with E-state index in [1.54, 1.807) is 0 Å². The maximum Gasteiger partial charge on any atom is 0.166 e. The van der Waals surface area contributed by atoms with Crippen LogP contribution in [0.3, 0.4) is 0 Å². The fourth-order valence-corrected chi connectivity index (χ4v) is 1.05. The van der Waals surface area contributed by atoms with E-state index in [0.29, 0.717) is 17.1 Å². The highest BCUT2D eigenvalue weighted by Crippen LogP contribution is 1.99. The molecule has 0 amide bonds. The topological polar surface area (TPSA) is 24.1 Å². The van der Waals surface area contributed by atoms with Crippen LogP contribution in [0.25, 0.3) is 0 Å². The minimum Gasteiger partial charge on any atom is -0.360 e. The first-order valence-electron chi connectivity index (χ1n) is 4.67. The van der Waals surface area contributed by atoms with Crippen molar-refractivity contribution in [3.8, 4) is 0 Å². The molecule has 0 aromatic heterocycles. The molecule has 0 radical (unpaired) electrons. The Morgan fingerprint density at radius 3 is 2.15 bits per heavy atom. The van der Waals surface area contributed by atoms with Crippen molar-refractivity contribution in [1.29, 1.82) is 0 Å². The summed E-state index contributed by atoms with van der Waals surface area (Å²) in [6.45, 7) is 12.1. The van der Waals surface area contributed by atoms with Crippen molar-refractivity contribution in [3.05, 3.63) is 12.7 Å². The Morgan fingerprint density at radius 1 is 1.23 bits per heavy atom. The van der Waals surface area contributed by atoms with E-state index in [1.165, 1.54) is 0 Å². The average molecular weight is 200 g/mol. The molecule has 0 aromatic rings. The minimum atomic E-state index is 0.222. The molecule has 2 nitrogen and oxygen atoms in total. The van der Waals surface area contributed by atoms with E-state index in [4.69, 9.17) is 12.2 Å². The Balaban J connectivity index is 3.80. The molecule has 0 aromatic carbocycles. The number of hydrogen-bond donors (Lipinski definition) is 2. The van der Waals surface area contributed by atoms with Crippen LogP contribution in [-0.4, -0.2) is 17.2 Å². The number of rotatable bonds is 4. The zero-order valence-corrected chi connectivity index (χ0v) is 9.74. The molecule has 2 N–H and O–H groups in total. The third-order valence-electron chi connectivity index (χ3n) is 2.07. The lowest BCUT2D eigenvalue weighted by molar-refractivity contribution is 0.483. The van der Waals surface area contributed by atoms with Gasteiger partial charge in [0, 0.05) is 12.1 Å². The van der Waals surface area contributed by atoms with Gasteiger partial charge in [-0.15, -0.1) is 6.58 Å². The lowest BCUT2D eigenvalue weighted by Crippen LogP contribution is -2.45. The monoisotopic (exact) mass is 200 g/mol. The maximum absolute atomic E-state index is 5.12. The van der Waals surface area contributed by atoms with Crippen LogP contribution in [0.1, 0.15) is 27.7 Å². The highest BCUT2D eigenvalue weighted by molar-refractivity contribution is 7.80. The van der Waals surface area contributed by atoms with Gasteiger partial charge in [0.05, 0.1) is 0 Å².